The van der Waals surface area contributed by atoms with Crippen LogP contribution in [0.15, 0.2) is 78.1 Å². The number of ether oxygens (including phenoxy) is 1. The first-order chi connectivity index (χ1) is 12.2. The van der Waals surface area contributed by atoms with E-state index in [4.69, 9.17) is 4.74 Å². The molecule has 1 fully saturated rings. The molecule has 2 aromatic carbocycles. The number of hydrogen-bond acceptors (Lipinski definition) is 2. The molecule has 2 atom stereocenters. The Morgan fingerprint density at radius 2 is 2.00 bits per heavy atom. The van der Waals surface area contributed by atoms with Crippen LogP contribution in [0.3, 0.4) is 0 Å². The summed E-state index contributed by atoms with van der Waals surface area (Å²) >= 11 is 0. The Labute approximate surface area is 148 Å². The molecule has 3 heteroatoms. The van der Waals surface area contributed by atoms with Gasteiger partial charge in [-0.15, -0.1) is 0 Å². The summed E-state index contributed by atoms with van der Waals surface area (Å²) in [6.45, 7) is 2.02. The number of anilines is 1. The number of fused-ring (bicyclic) bond motifs is 1. The van der Waals surface area contributed by atoms with Crippen LogP contribution in [-0.2, 0) is 4.79 Å². The minimum Gasteiger partial charge on any atom is -0.461 e. The van der Waals surface area contributed by atoms with E-state index in [0.717, 1.165) is 34.8 Å². The van der Waals surface area contributed by atoms with Gasteiger partial charge < -0.3 is 10.1 Å². The van der Waals surface area contributed by atoms with E-state index in [1.54, 1.807) is 0 Å². The summed E-state index contributed by atoms with van der Waals surface area (Å²) in [6, 6.07) is 17.7. The van der Waals surface area contributed by atoms with Crippen molar-refractivity contribution < 1.29 is 9.53 Å². The largest absolute Gasteiger partial charge is 0.461 e. The van der Waals surface area contributed by atoms with E-state index in [1.807, 2.05) is 67.6 Å². The van der Waals surface area contributed by atoms with Crippen LogP contribution in [0.1, 0.15) is 18.4 Å². The monoisotopic (exact) mass is 331 g/mol. The Bertz CT molecular complexity index is 851. The normalized spacial score (nSPS) is 20.8. The molecule has 0 bridgehead atoms. The van der Waals surface area contributed by atoms with E-state index in [1.165, 1.54) is 0 Å². The third kappa shape index (κ3) is 3.82. The van der Waals surface area contributed by atoms with Crippen LogP contribution >= 0.6 is 0 Å². The van der Waals surface area contributed by atoms with Crippen molar-refractivity contribution in [1.82, 2.24) is 0 Å². The second-order valence-corrected chi connectivity index (χ2v) is 6.80. The van der Waals surface area contributed by atoms with Gasteiger partial charge >= 0.3 is 0 Å². The first-order valence-electron chi connectivity index (χ1n) is 8.69. The molecule has 4 rings (SSSR count). The molecule has 126 valence electrons. The van der Waals surface area contributed by atoms with E-state index < -0.39 is 0 Å². The van der Waals surface area contributed by atoms with E-state index in [-0.39, 0.29) is 5.91 Å². The molecular weight excluding hydrogens is 310 g/mol. The summed E-state index contributed by atoms with van der Waals surface area (Å²) in [5.41, 5.74) is 3.01. The lowest BCUT2D eigenvalue weighted by Crippen LogP contribution is -2.13. The van der Waals surface area contributed by atoms with Gasteiger partial charge in [0.1, 0.15) is 11.5 Å². The number of para-hydroxylation sites is 1. The fourth-order valence-corrected chi connectivity index (χ4v) is 3.29. The minimum absolute atomic E-state index is 0.00580. The molecule has 0 heterocycles. The van der Waals surface area contributed by atoms with Crippen molar-refractivity contribution in [3.8, 4) is 5.75 Å². The van der Waals surface area contributed by atoms with Crippen molar-refractivity contribution in [2.45, 2.75) is 19.8 Å². The molecule has 0 saturated heterocycles. The van der Waals surface area contributed by atoms with Gasteiger partial charge in [0.15, 0.2) is 0 Å². The number of carbonyl (C=O) groups is 1. The molecule has 1 N–H and O–H groups in total. The molecule has 2 unspecified atom stereocenters. The zero-order valence-electron chi connectivity index (χ0n) is 14.2. The summed E-state index contributed by atoms with van der Waals surface area (Å²) in [5, 5.41) is 2.97. The van der Waals surface area contributed by atoms with Crippen molar-refractivity contribution >= 4 is 11.6 Å². The predicted octanol–water partition coefficient (Wildman–Crippen LogP) is 4.86. The fraction of sp³-hybridized carbons (Fsp3) is 0.227. The number of aryl methyl sites for hydroxylation is 1. The molecule has 2 aliphatic carbocycles. The molecule has 0 aromatic heterocycles. The second-order valence-electron chi connectivity index (χ2n) is 6.80. The van der Waals surface area contributed by atoms with Crippen LogP contribution < -0.4 is 10.1 Å². The summed E-state index contributed by atoms with van der Waals surface area (Å²) < 4.78 is 6.04. The summed E-state index contributed by atoms with van der Waals surface area (Å²) in [7, 11) is 0. The first-order valence-corrected chi connectivity index (χ1v) is 8.69. The van der Waals surface area contributed by atoms with E-state index in [0.29, 0.717) is 18.3 Å². The van der Waals surface area contributed by atoms with Crippen LogP contribution in [0.2, 0.25) is 0 Å². The Morgan fingerprint density at radius 1 is 1.16 bits per heavy atom. The predicted molar refractivity (Wildman–Crippen MR) is 99.3 cm³/mol. The summed E-state index contributed by atoms with van der Waals surface area (Å²) in [6.07, 6.45) is 5.75. The van der Waals surface area contributed by atoms with Crippen molar-refractivity contribution in [2.24, 2.45) is 11.8 Å². The molecule has 25 heavy (non-hydrogen) atoms. The maximum absolute atomic E-state index is 12.4. The minimum atomic E-state index is 0.00580. The lowest BCUT2D eigenvalue weighted by molar-refractivity contribution is -0.115. The average Bonchev–Trinajstić information content (AvgIpc) is 3.35. The van der Waals surface area contributed by atoms with Gasteiger partial charge in [-0.2, -0.15) is 0 Å². The summed E-state index contributed by atoms with van der Waals surface area (Å²) in [5.74, 6) is 2.84. The second kappa shape index (κ2) is 6.60. The van der Waals surface area contributed by atoms with E-state index >= 15 is 0 Å². The molecule has 2 aromatic rings. The third-order valence-electron chi connectivity index (χ3n) is 4.61. The van der Waals surface area contributed by atoms with Crippen LogP contribution in [0.5, 0.6) is 5.75 Å². The Morgan fingerprint density at radius 3 is 2.80 bits per heavy atom. The molecule has 0 radical (unpaired) electrons. The number of hydrogen-bond donors (Lipinski definition) is 1. The third-order valence-corrected chi connectivity index (χ3v) is 4.61. The highest BCUT2D eigenvalue weighted by Gasteiger charge is 2.42. The SMILES string of the molecule is Cc1cccc(NC(=O)CC2=CC3CC3C(Oc3ccccc3)=C2)c1. The Hall–Kier alpha value is -2.81. The maximum Gasteiger partial charge on any atom is 0.228 e. The Kier molecular flexibility index (Phi) is 4.14. The van der Waals surface area contributed by atoms with Gasteiger partial charge in [-0.25, -0.2) is 0 Å². The zero-order valence-corrected chi connectivity index (χ0v) is 14.2. The fourth-order valence-electron chi connectivity index (χ4n) is 3.29. The van der Waals surface area contributed by atoms with Gasteiger partial charge in [0, 0.05) is 11.6 Å². The molecule has 0 spiro atoms. The lowest BCUT2D eigenvalue weighted by Gasteiger charge is -2.15. The molecule has 2 aliphatic rings. The first kappa shape index (κ1) is 15.7. The van der Waals surface area contributed by atoms with Gasteiger partial charge in [-0.3, -0.25) is 4.79 Å². The maximum atomic E-state index is 12.4. The van der Waals surface area contributed by atoms with Crippen LogP contribution in [0.4, 0.5) is 5.69 Å². The van der Waals surface area contributed by atoms with Gasteiger partial charge in [-0.05, 0) is 60.7 Å². The van der Waals surface area contributed by atoms with Gasteiger partial charge in [-0.1, -0.05) is 36.4 Å². The van der Waals surface area contributed by atoms with Gasteiger partial charge in [0.05, 0.1) is 6.42 Å². The molecule has 3 nitrogen and oxygen atoms in total. The highest BCUT2D eigenvalue weighted by Crippen LogP contribution is 2.49. The number of benzene rings is 2. The lowest BCUT2D eigenvalue weighted by atomic mass is 10.0. The van der Waals surface area contributed by atoms with Crippen LogP contribution in [-0.4, -0.2) is 5.91 Å². The summed E-state index contributed by atoms with van der Waals surface area (Å²) in [4.78, 5) is 12.4. The number of nitrogens with one attached hydrogen (secondary N) is 1. The number of allylic oxidation sites excluding steroid dienone is 3. The molecule has 0 aliphatic heterocycles. The molecule has 1 amide bonds. The zero-order chi connectivity index (χ0) is 17.2. The number of amides is 1. The molecule has 1 saturated carbocycles. The average molecular weight is 331 g/mol. The topological polar surface area (TPSA) is 38.3 Å². The standard InChI is InChI=1S/C22H21NO2/c1-15-6-5-7-18(10-15)23-22(24)13-16-11-17-14-20(17)21(12-16)25-19-8-3-2-4-9-19/h2-12,17,20H,13-14H2,1H3,(H,23,24). The number of rotatable bonds is 5. The smallest absolute Gasteiger partial charge is 0.228 e. The highest BCUT2D eigenvalue weighted by molar-refractivity contribution is 5.92. The van der Waals surface area contributed by atoms with Crippen molar-refractivity contribution in [1.29, 1.82) is 0 Å². The van der Waals surface area contributed by atoms with E-state index in [9.17, 15) is 4.79 Å². The van der Waals surface area contributed by atoms with E-state index in [2.05, 4.69) is 11.4 Å². The van der Waals surface area contributed by atoms with Gasteiger partial charge in [0.25, 0.3) is 0 Å². The highest BCUT2D eigenvalue weighted by atomic mass is 16.5. The van der Waals surface area contributed by atoms with Crippen molar-refractivity contribution in [2.75, 3.05) is 5.32 Å². The van der Waals surface area contributed by atoms with Crippen molar-refractivity contribution in [3.63, 3.8) is 0 Å². The van der Waals surface area contributed by atoms with Crippen molar-refractivity contribution in [3.05, 3.63) is 83.6 Å². The van der Waals surface area contributed by atoms with Crippen LogP contribution in [0.25, 0.3) is 0 Å². The Balaban J connectivity index is 1.42. The quantitative estimate of drug-likeness (QED) is 0.849. The van der Waals surface area contributed by atoms with Gasteiger partial charge in [0.2, 0.25) is 5.91 Å². The van der Waals surface area contributed by atoms with Crippen LogP contribution in [0, 0.1) is 18.8 Å². The molecular formula is C22H21NO2. The number of carbonyl (C=O) groups excluding carboxylic acids is 1.